The van der Waals surface area contributed by atoms with Crippen LogP contribution in [0.25, 0.3) is 11.1 Å². The molecular formula is C25H31N3O5. The van der Waals surface area contributed by atoms with Gasteiger partial charge in [0.2, 0.25) is 17.1 Å². The number of hydrogen-bond acceptors (Lipinski definition) is 7. The molecule has 8 heteroatoms. The third kappa shape index (κ3) is 4.35. The molecule has 2 aromatic carbocycles. The monoisotopic (exact) mass is 453 g/mol. The molecule has 0 bridgehead atoms. The van der Waals surface area contributed by atoms with Crippen molar-refractivity contribution in [3.05, 3.63) is 45.6 Å². The molecule has 0 aromatic heterocycles. The molecule has 33 heavy (non-hydrogen) atoms. The van der Waals surface area contributed by atoms with Gasteiger partial charge in [-0.15, -0.1) is 0 Å². The second-order valence-corrected chi connectivity index (χ2v) is 8.30. The molecule has 176 valence electrons. The number of ether oxygens (including phenoxy) is 3. The largest absolute Gasteiger partial charge is 0.493 e. The number of nitrogens with zero attached hydrogens (tertiary/aromatic N) is 1. The fourth-order valence-corrected chi connectivity index (χ4v) is 4.87. The Morgan fingerprint density at radius 1 is 1.06 bits per heavy atom. The van der Waals surface area contributed by atoms with Gasteiger partial charge < -0.3 is 29.7 Å². The normalized spacial score (nSPS) is 17.3. The van der Waals surface area contributed by atoms with E-state index < -0.39 is 0 Å². The van der Waals surface area contributed by atoms with E-state index >= 15 is 0 Å². The lowest BCUT2D eigenvalue weighted by atomic mass is 9.95. The molecule has 2 aromatic rings. The van der Waals surface area contributed by atoms with Crippen LogP contribution >= 0.6 is 0 Å². The highest BCUT2D eigenvalue weighted by Gasteiger charge is 2.29. The lowest BCUT2D eigenvalue weighted by molar-refractivity contribution is -0.119. The summed E-state index contributed by atoms with van der Waals surface area (Å²) < 4.78 is 17.0. The average molecular weight is 454 g/mol. The predicted octanol–water partition coefficient (Wildman–Crippen LogP) is 2.27. The Morgan fingerprint density at radius 3 is 2.42 bits per heavy atom. The van der Waals surface area contributed by atoms with E-state index in [0.29, 0.717) is 35.8 Å². The van der Waals surface area contributed by atoms with Crippen molar-refractivity contribution in [1.82, 2.24) is 10.6 Å². The van der Waals surface area contributed by atoms with Crippen molar-refractivity contribution in [3.8, 4) is 28.4 Å². The summed E-state index contributed by atoms with van der Waals surface area (Å²) >= 11 is 0. The summed E-state index contributed by atoms with van der Waals surface area (Å²) in [6.07, 6.45) is 1.32. The second-order valence-electron chi connectivity index (χ2n) is 8.30. The van der Waals surface area contributed by atoms with E-state index in [0.717, 1.165) is 48.4 Å². The summed E-state index contributed by atoms with van der Waals surface area (Å²) in [6.45, 7) is 4.70. The molecule has 8 nitrogen and oxygen atoms in total. The van der Waals surface area contributed by atoms with Crippen LogP contribution in [0.3, 0.4) is 0 Å². The van der Waals surface area contributed by atoms with Gasteiger partial charge in [0.25, 0.3) is 0 Å². The molecule has 1 amide bonds. The number of benzene rings is 1. The molecule has 1 saturated heterocycles. The van der Waals surface area contributed by atoms with Crippen LogP contribution in [0.5, 0.6) is 17.2 Å². The average Bonchev–Trinajstić information content (AvgIpc) is 3.07. The van der Waals surface area contributed by atoms with Gasteiger partial charge in [0.05, 0.1) is 33.1 Å². The number of carbonyl (C=O) groups excluding carboxylic acids is 1. The van der Waals surface area contributed by atoms with Gasteiger partial charge in [-0.05, 0) is 47.7 Å². The first-order chi connectivity index (χ1) is 16.0. The summed E-state index contributed by atoms with van der Waals surface area (Å²) in [4.78, 5) is 27.5. The fraction of sp³-hybridized carbons (Fsp3) is 0.440. The topological polar surface area (TPSA) is 89.1 Å². The van der Waals surface area contributed by atoms with E-state index in [9.17, 15) is 9.59 Å². The van der Waals surface area contributed by atoms with Crippen LogP contribution in [0.2, 0.25) is 0 Å². The number of fused-ring (bicyclic) bond motifs is 3. The first-order valence-corrected chi connectivity index (χ1v) is 11.2. The van der Waals surface area contributed by atoms with Crippen molar-refractivity contribution < 1.29 is 19.0 Å². The van der Waals surface area contributed by atoms with Crippen molar-refractivity contribution in [2.45, 2.75) is 25.8 Å². The highest BCUT2D eigenvalue weighted by Crippen LogP contribution is 2.50. The van der Waals surface area contributed by atoms with Gasteiger partial charge in [-0.2, -0.15) is 0 Å². The number of carbonyl (C=O) groups is 1. The van der Waals surface area contributed by atoms with Crippen molar-refractivity contribution in [3.63, 3.8) is 0 Å². The third-order valence-corrected chi connectivity index (χ3v) is 6.35. The lowest BCUT2D eigenvalue weighted by Crippen LogP contribution is -2.44. The number of piperazine rings is 1. The van der Waals surface area contributed by atoms with E-state index in [-0.39, 0.29) is 17.4 Å². The maximum Gasteiger partial charge on any atom is 0.217 e. The van der Waals surface area contributed by atoms with E-state index in [2.05, 4.69) is 15.5 Å². The van der Waals surface area contributed by atoms with Crippen molar-refractivity contribution in [2.75, 3.05) is 52.4 Å². The van der Waals surface area contributed by atoms with Crippen LogP contribution in [-0.4, -0.2) is 53.4 Å². The minimum atomic E-state index is -0.303. The Morgan fingerprint density at radius 2 is 1.79 bits per heavy atom. The van der Waals surface area contributed by atoms with Gasteiger partial charge in [0, 0.05) is 38.7 Å². The van der Waals surface area contributed by atoms with Gasteiger partial charge in [0.1, 0.15) is 0 Å². The summed E-state index contributed by atoms with van der Waals surface area (Å²) in [5, 5.41) is 6.36. The van der Waals surface area contributed by atoms with Crippen LogP contribution in [0.4, 0.5) is 5.69 Å². The van der Waals surface area contributed by atoms with Crippen molar-refractivity contribution >= 4 is 11.6 Å². The van der Waals surface area contributed by atoms with E-state index in [1.54, 1.807) is 27.4 Å². The number of rotatable bonds is 5. The first kappa shape index (κ1) is 22.9. The van der Waals surface area contributed by atoms with Crippen molar-refractivity contribution in [1.29, 1.82) is 0 Å². The van der Waals surface area contributed by atoms with E-state index in [1.807, 2.05) is 18.2 Å². The molecule has 0 unspecified atom stereocenters. The minimum absolute atomic E-state index is 0.0589. The molecule has 1 aliphatic carbocycles. The zero-order chi connectivity index (χ0) is 23.5. The Hall–Kier alpha value is -3.26. The van der Waals surface area contributed by atoms with Crippen LogP contribution in [-0.2, 0) is 11.2 Å². The molecule has 1 atom stereocenters. The van der Waals surface area contributed by atoms with Crippen LogP contribution < -0.4 is 35.2 Å². The molecular weight excluding hydrogens is 422 g/mol. The number of nitrogens with one attached hydrogen (secondary N) is 2. The molecule has 0 radical (unpaired) electrons. The smallest absolute Gasteiger partial charge is 0.217 e. The maximum absolute atomic E-state index is 13.4. The number of methoxy groups -OCH3 is 3. The van der Waals surface area contributed by atoms with Gasteiger partial charge >= 0.3 is 0 Å². The SMILES string of the molecule is COc1cc2c(c(OC)c1OC)-c1ccc(N3CCNCC3)c(=O)cc1[C@@H](NC(C)=O)CC2. The summed E-state index contributed by atoms with van der Waals surface area (Å²) in [7, 11) is 4.77. The standard InChI is InChI=1S/C25H31N3O5/c1-15(29)27-19-7-5-16-13-22(31-2)24(32-3)25(33-4)23(16)17-6-8-20(21(30)14-18(17)19)28-11-9-26-10-12-28/h6,8,13-14,19,26H,5,7,9-12H2,1-4H3,(H,27,29)/t19-/m0/s1. The number of anilines is 1. The minimum Gasteiger partial charge on any atom is -0.493 e. The van der Waals surface area contributed by atoms with Gasteiger partial charge in [-0.1, -0.05) is 6.07 Å². The lowest BCUT2D eigenvalue weighted by Gasteiger charge is -2.28. The second kappa shape index (κ2) is 9.70. The number of hydrogen-bond donors (Lipinski definition) is 2. The Kier molecular flexibility index (Phi) is 6.74. The predicted molar refractivity (Wildman–Crippen MR) is 128 cm³/mol. The van der Waals surface area contributed by atoms with Gasteiger partial charge in [-0.3, -0.25) is 9.59 Å². The van der Waals surface area contributed by atoms with Crippen LogP contribution in [0.1, 0.15) is 30.5 Å². The Bertz CT molecular complexity index is 1110. The number of aryl methyl sites for hydroxylation is 1. The summed E-state index contributed by atoms with van der Waals surface area (Å²) in [6, 6.07) is 7.20. The number of amides is 1. The van der Waals surface area contributed by atoms with Crippen LogP contribution in [0, 0.1) is 0 Å². The maximum atomic E-state index is 13.4. The molecule has 2 aliphatic rings. The quantitative estimate of drug-likeness (QED) is 0.718. The highest BCUT2D eigenvalue weighted by atomic mass is 16.5. The fourth-order valence-electron chi connectivity index (χ4n) is 4.87. The van der Waals surface area contributed by atoms with E-state index in [4.69, 9.17) is 14.2 Å². The first-order valence-electron chi connectivity index (χ1n) is 11.2. The molecule has 0 saturated carbocycles. The highest BCUT2D eigenvalue weighted by molar-refractivity contribution is 5.83. The zero-order valence-electron chi connectivity index (χ0n) is 19.6. The van der Waals surface area contributed by atoms with Crippen molar-refractivity contribution in [2.24, 2.45) is 0 Å². The van der Waals surface area contributed by atoms with Gasteiger partial charge in [-0.25, -0.2) is 0 Å². The Balaban J connectivity index is 2.00. The molecule has 1 aliphatic heterocycles. The molecule has 4 rings (SSSR count). The summed E-state index contributed by atoms with van der Waals surface area (Å²) in [5.74, 6) is 1.50. The van der Waals surface area contributed by atoms with Crippen LogP contribution in [0.15, 0.2) is 29.1 Å². The van der Waals surface area contributed by atoms with E-state index in [1.165, 1.54) is 6.92 Å². The molecule has 2 N–H and O–H groups in total. The Labute approximate surface area is 193 Å². The molecule has 0 spiro atoms. The molecule has 1 fully saturated rings. The summed E-state index contributed by atoms with van der Waals surface area (Å²) in [5.41, 5.74) is 4.10. The third-order valence-electron chi connectivity index (χ3n) is 6.35. The van der Waals surface area contributed by atoms with Gasteiger partial charge in [0.15, 0.2) is 11.5 Å². The molecule has 1 heterocycles. The zero-order valence-corrected chi connectivity index (χ0v) is 19.6.